The fraction of sp³-hybridized carbons (Fsp3) is 0.267. The fourth-order valence-electron chi connectivity index (χ4n) is 4.18. The predicted octanol–water partition coefficient (Wildman–Crippen LogP) is 3.74. The standard InChI is InChI=1S/C30H30N4O9S/c1-3-43-30(38)26(14-15-44-2)31-27(35)12-13-28(36)32-18-22(16-20-4-8-24(9-5-20)33(39)40)29(37)23(19-32)17-21-6-10-25(11-7-21)34(41)42/h4-13,16-17,26H,3,14-15,18-19H2,1-2H3,(H,31,35)/b13-12-,22-16+,23-17+/t26-/m0/s1. The lowest BCUT2D eigenvalue weighted by atomic mass is 9.94. The predicted molar refractivity (Wildman–Crippen MR) is 164 cm³/mol. The highest BCUT2D eigenvalue weighted by atomic mass is 32.2. The second-order valence-corrected chi connectivity index (χ2v) is 10.5. The van der Waals surface area contributed by atoms with E-state index in [0.29, 0.717) is 23.3 Å². The van der Waals surface area contributed by atoms with E-state index in [1.807, 2.05) is 6.26 Å². The number of amides is 2. The minimum absolute atomic E-state index is 0.114. The number of ketones is 1. The number of non-ortho nitro benzene ring substituents is 2. The van der Waals surface area contributed by atoms with Crippen molar-refractivity contribution in [2.75, 3.05) is 31.7 Å². The Hall–Kier alpha value is -5.11. The van der Waals surface area contributed by atoms with Crippen molar-refractivity contribution in [3.63, 3.8) is 0 Å². The lowest BCUT2D eigenvalue weighted by Crippen LogP contribution is -2.42. The maximum absolute atomic E-state index is 13.4. The van der Waals surface area contributed by atoms with Crippen LogP contribution in [0.5, 0.6) is 0 Å². The zero-order valence-corrected chi connectivity index (χ0v) is 24.8. The number of carbonyl (C=O) groups excluding carboxylic acids is 4. The third-order valence-corrected chi connectivity index (χ3v) is 7.03. The maximum atomic E-state index is 13.4. The molecule has 1 saturated heterocycles. The first-order valence-corrected chi connectivity index (χ1v) is 14.8. The van der Waals surface area contributed by atoms with Gasteiger partial charge in [-0.2, -0.15) is 11.8 Å². The maximum Gasteiger partial charge on any atom is 0.328 e. The van der Waals surface area contributed by atoms with Gasteiger partial charge in [-0.1, -0.05) is 0 Å². The quantitative estimate of drug-likeness (QED) is 0.159. The highest BCUT2D eigenvalue weighted by molar-refractivity contribution is 7.98. The van der Waals surface area contributed by atoms with Crippen LogP contribution >= 0.6 is 11.8 Å². The number of nitro benzene ring substituents is 2. The van der Waals surface area contributed by atoms with Crippen LogP contribution < -0.4 is 5.32 Å². The molecule has 2 amide bonds. The zero-order valence-electron chi connectivity index (χ0n) is 24.0. The van der Waals surface area contributed by atoms with Gasteiger partial charge >= 0.3 is 5.97 Å². The molecule has 14 heteroatoms. The fourth-order valence-corrected chi connectivity index (χ4v) is 4.65. The molecule has 1 aliphatic heterocycles. The van der Waals surface area contributed by atoms with Crippen LogP contribution in [0, 0.1) is 20.2 Å². The van der Waals surface area contributed by atoms with E-state index < -0.39 is 33.7 Å². The Bertz CT molecular complexity index is 1440. The molecule has 0 bridgehead atoms. The van der Waals surface area contributed by atoms with Crippen molar-refractivity contribution >= 4 is 58.9 Å². The number of rotatable bonds is 12. The summed E-state index contributed by atoms with van der Waals surface area (Å²) < 4.78 is 5.02. The number of carbonyl (C=O) groups is 4. The molecule has 44 heavy (non-hydrogen) atoms. The summed E-state index contributed by atoms with van der Waals surface area (Å²) in [6.07, 6.45) is 7.27. The summed E-state index contributed by atoms with van der Waals surface area (Å²) in [6.45, 7) is 1.58. The van der Waals surface area contributed by atoms with Crippen LogP contribution in [-0.4, -0.2) is 76.1 Å². The van der Waals surface area contributed by atoms with Crippen molar-refractivity contribution < 1.29 is 33.8 Å². The lowest BCUT2D eigenvalue weighted by Gasteiger charge is -2.29. The van der Waals surface area contributed by atoms with Crippen molar-refractivity contribution in [1.29, 1.82) is 0 Å². The van der Waals surface area contributed by atoms with Crippen LogP contribution in [-0.2, 0) is 23.9 Å². The molecule has 2 aromatic carbocycles. The molecule has 0 spiro atoms. The molecule has 0 aliphatic carbocycles. The summed E-state index contributed by atoms with van der Waals surface area (Å²) in [7, 11) is 0. The Morgan fingerprint density at radius 3 is 1.86 bits per heavy atom. The van der Waals surface area contributed by atoms with E-state index in [-0.39, 0.29) is 48.0 Å². The Morgan fingerprint density at radius 1 is 0.932 bits per heavy atom. The molecule has 2 aromatic rings. The van der Waals surface area contributed by atoms with Crippen molar-refractivity contribution in [2.45, 2.75) is 19.4 Å². The van der Waals surface area contributed by atoms with E-state index in [1.165, 1.54) is 77.3 Å². The highest BCUT2D eigenvalue weighted by Crippen LogP contribution is 2.24. The number of thioether (sulfide) groups is 1. The average Bonchev–Trinajstić information content (AvgIpc) is 3.00. The minimum Gasteiger partial charge on any atom is -0.464 e. The zero-order chi connectivity index (χ0) is 32.2. The first kappa shape index (κ1) is 33.4. The highest BCUT2D eigenvalue weighted by Gasteiger charge is 2.29. The molecule has 1 N–H and O–H groups in total. The molecule has 1 atom stereocenters. The molecular weight excluding hydrogens is 592 g/mol. The molecule has 230 valence electrons. The first-order valence-electron chi connectivity index (χ1n) is 13.4. The number of nitrogens with zero attached hydrogens (tertiary/aromatic N) is 3. The van der Waals surface area contributed by atoms with Crippen LogP contribution in [0.1, 0.15) is 24.5 Å². The Balaban J connectivity index is 1.87. The summed E-state index contributed by atoms with van der Waals surface area (Å²) in [6, 6.07) is 10.2. The largest absolute Gasteiger partial charge is 0.464 e. The number of nitro groups is 2. The first-order chi connectivity index (χ1) is 21.0. The van der Waals surface area contributed by atoms with Gasteiger partial charge in [-0.05, 0) is 72.9 Å². The molecule has 0 radical (unpaired) electrons. The number of piperidine rings is 1. The van der Waals surface area contributed by atoms with Gasteiger partial charge < -0.3 is 15.0 Å². The number of benzene rings is 2. The average molecular weight is 623 g/mol. The number of Topliss-reactive ketones (excluding diaryl/α,β-unsaturated/α-hetero) is 1. The molecule has 0 aromatic heterocycles. The second-order valence-electron chi connectivity index (χ2n) is 9.49. The topological polar surface area (TPSA) is 179 Å². The van der Waals surface area contributed by atoms with Crippen LogP contribution in [0.25, 0.3) is 12.2 Å². The van der Waals surface area contributed by atoms with E-state index in [1.54, 1.807) is 6.92 Å². The molecule has 0 saturated carbocycles. The Kier molecular flexibility index (Phi) is 12.1. The summed E-state index contributed by atoms with van der Waals surface area (Å²) in [5.74, 6) is -1.62. The lowest BCUT2D eigenvalue weighted by molar-refractivity contribution is -0.385. The molecular formula is C30H30N4O9S. The number of nitrogens with one attached hydrogen (secondary N) is 1. The molecule has 1 fully saturated rings. The van der Waals surface area contributed by atoms with Gasteiger partial charge in [0.1, 0.15) is 6.04 Å². The van der Waals surface area contributed by atoms with Gasteiger partial charge in [0.25, 0.3) is 11.4 Å². The summed E-state index contributed by atoms with van der Waals surface area (Å²) in [5.41, 5.74) is 1.16. The van der Waals surface area contributed by atoms with E-state index >= 15 is 0 Å². The van der Waals surface area contributed by atoms with E-state index in [9.17, 15) is 39.4 Å². The normalized spacial score (nSPS) is 15.8. The summed E-state index contributed by atoms with van der Waals surface area (Å²) in [4.78, 5) is 73.7. The number of likely N-dealkylation sites (tertiary alicyclic amines) is 1. The van der Waals surface area contributed by atoms with Gasteiger partial charge in [0.2, 0.25) is 11.8 Å². The van der Waals surface area contributed by atoms with Crippen LogP contribution in [0.2, 0.25) is 0 Å². The van der Waals surface area contributed by atoms with Crippen molar-refractivity contribution in [3.05, 3.63) is 103 Å². The summed E-state index contributed by atoms with van der Waals surface area (Å²) in [5, 5.41) is 24.6. The second kappa shape index (κ2) is 15.9. The van der Waals surface area contributed by atoms with E-state index in [0.717, 1.165) is 12.2 Å². The molecule has 3 rings (SSSR count). The van der Waals surface area contributed by atoms with Crippen LogP contribution in [0.4, 0.5) is 11.4 Å². The van der Waals surface area contributed by atoms with Gasteiger partial charge in [-0.15, -0.1) is 0 Å². The van der Waals surface area contributed by atoms with Gasteiger partial charge in [0, 0.05) is 47.6 Å². The van der Waals surface area contributed by atoms with E-state index in [2.05, 4.69) is 5.32 Å². The monoisotopic (exact) mass is 622 g/mol. The number of esters is 1. The third kappa shape index (κ3) is 9.46. The van der Waals surface area contributed by atoms with Gasteiger partial charge in [0.15, 0.2) is 5.78 Å². The van der Waals surface area contributed by atoms with Crippen molar-refractivity contribution in [2.24, 2.45) is 0 Å². The minimum atomic E-state index is -0.880. The molecule has 1 heterocycles. The number of hydrogen-bond acceptors (Lipinski definition) is 10. The van der Waals surface area contributed by atoms with Gasteiger partial charge in [-0.25, -0.2) is 4.79 Å². The Labute approximate surface area is 256 Å². The summed E-state index contributed by atoms with van der Waals surface area (Å²) >= 11 is 1.50. The van der Waals surface area contributed by atoms with E-state index in [4.69, 9.17) is 4.74 Å². The van der Waals surface area contributed by atoms with Crippen molar-refractivity contribution in [1.82, 2.24) is 10.2 Å². The van der Waals surface area contributed by atoms with Crippen LogP contribution in [0.3, 0.4) is 0 Å². The third-order valence-electron chi connectivity index (χ3n) is 6.38. The number of ether oxygens (including phenoxy) is 1. The molecule has 1 aliphatic rings. The number of hydrogen-bond donors (Lipinski definition) is 1. The van der Waals surface area contributed by atoms with Crippen LogP contribution in [0.15, 0.2) is 71.8 Å². The van der Waals surface area contributed by atoms with Gasteiger partial charge in [-0.3, -0.25) is 34.6 Å². The Morgan fingerprint density at radius 2 is 1.43 bits per heavy atom. The SMILES string of the molecule is CCOC(=O)[C@H](CCSC)NC(=O)/C=C\C(=O)N1C/C(=C\c2ccc([N+](=O)[O-])cc2)C(=O)/C(=C/c2ccc([N+](=O)[O-])cc2)C1. The molecule has 13 nitrogen and oxygen atoms in total. The molecule has 0 unspecified atom stereocenters. The van der Waals surface area contributed by atoms with Gasteiger partial charge in [0.05, 0.1) is 29.5 Å². The van der Waals surface area contributed by atoms with Crippen molar-refractivity contribution in [3.8, 4) is 0 Å². The smallest absolute Gasteiger partial charge is 0.328 e.